The summed E-state index contributed by atoms with van der Waals surface area (Å²) in [5.41, 5.74) is 1.28. The third-order valence-electron chi connectivity index (χ3n) is 5.32. The van der Waals surface area contributed by atoms with Gasteiger partial charge in [0.15, 0.2) is 0 Å². The average Bonchev–Trinajstić information content (AvgIpc) is 2.58. The maximum absolute atomic E-state index is 12.3. The molecule has 23 heavy (non-hydrogen) atoms. The predicted molar refractivity (Wildman–Crippen MR) is 94.7 cm³/mol. The lowest BCUT2D eigenvalue weighted by molar-refractivity contribution is -0.123. The zero-order valence-electron chi connectivity index (χ0n) is 14.2. The van der Waals surface area contributed by atoms with Crippen LogP contribution in [0, 0.1) is 5.92 Å². The summed E-state index contributed by atoms with van der Waals surface area (Å²) in [7, 11) is 0. The van der Waals surface area contributed by atoms with Crippen LogP contribution in [0.3, 0.4) is 0 Å². The molecule has 1 saturated heterocycles. The van der Waals surface area contributed by atoms with Crippen molar-refractivity contribution in [2.24, 2.45) is 5.92 Å². The van der Waals surface area contributed by atoms with E-state index >= 15 is 0 Å². The lowest BCUT2D eigenvalue weighted by Gasteiger charge is -2.36. The van der Waals surface area contributed by atoms with Crippen LogP contribution in [-0.4, -0.2) is 49.6 Å². The van der Waals surface area contributed by atoms with Crippen molar-refractivity contribution in [3.05, 3.63) is 30.3 Å². The molecule has 1 heterocycles. The van der Waals surface area contributed by atoms with E-state index in [9.17, 15) is 4.79 Å². The van der Waals surface area contributed by atoms with Crippen LogP contribution in [0.25, 0.3) is 0 Å². The first-order valence-electron chi connectivity index (χ1n) is 9.04. The van der Waals surface area contributed by atoms with Gasteiger partial charge in [-0.25, -0.2) is 0 Å². The summed E-state index contributed by atoms with van der Waals surface area (Å²) in [6, 6.07) is 10.9. The molecule has 0 unspecified atom stereocenters. The van der Waals surface area contributed by atoms with Crippen molar-refractivity contribution in [3.63, 3.8) is 0 Å². The number of rotatable bonds is 4. The van der Waals surface area contributed by atoms with Crippen molar-refractivity contribution < 1.29 is 4.79 Å². The van der Waals surface area contributed by atoms with Crippen LogP contribution < -0.4 is 10.2 Å². The summed E-state index contributed by atoms with van der Waals surface area (Å²) in [6.45, 7) is 6.73. The minimum Gasteiger partial charge on any atom is -0.369 e. The Bertz CT molecular complexity index is 497. The number of hydrogen-bond acceptors (Lipinski definition) is 3. The topological polar surface area (TPSA) is 35.6 Å². The number of carbonyl (C=O) groups is 1. The molecule has 126 valence electrons. The molecule has 1 aromatic rings. The fraction of sp³-hybridized carbons (Fsp3) is 0.632. The van der Waals surface area contributed by atoms with Gasteiger partial charge in [-0.1, -0.05) is 38.0 Å². The van der Waals surface area contributed by atoms with Gasteiger partial charge in [-0.05, 0) is 30.9 Å². The molecule has 1 aromatic carbocycles. The summed E-state index contributed by atoms with van der Waals surface area (Å²) in [5, 5.41) is 3.26. The number of carbonyl (C=O) groups excluding carboxylic acids is 1. The number of anilines is 1. The van der Waals surface area contributed by atoms with Crippen LogP contribution >= 0.6 is 0 Å². The molecule has 0 radical (unpaired) electrons. The Kier molecular flexibility index (Phi) is 5.55. The van der Waals surface area contributed by atoms with Crippen molar-refractivity contribution in [3.8, 4) is 0 Å². The maximum Gasteiger partial charge on any atom is 0.234 e. The van der Waals surface area contributed by atoms with Gasteiger partial charge in [-0.15, -0.1) is 0 Å². The van der Waals surface area contributed by atoms with Gasteiger partial charge in [-0.2, -0.15) is 0 Å². The number of nitrogens with zero attached hydrogens (tertiary/aromatic N) is 2. The molecule has 3 rings (SSSR count). The van der Waals surface area contributed by atoms with Crippen molar-refractivity contribution in [1.29, 1.82) is 0 Å². The van der Waals surface area contributed by atoms with Crippen LogP contribution in [0.15, 0.2) is 30.3 Å². The fourth-order valence-electron chi connectivity index (χ4n) is 3.79. The SMILES string of the molecule is C[C@@H]1CCCC[C@@H]1NC(=O)CN1CCN(c2ccccc2)CC1. The molecule has 0 aromatic heterocycles. The van der Waals surface area contributed by atoms with Gasteiger partial charge in [0.1, 0.15) is 0 Å². The predicted octanol–water partition coefficient (Wildman–Crippen LogP) is 2.50. The first-order chi connectivity index (χ1) is 11.2. The average molecular weight is 315 g/mol. The number of benzene rings is 1. The van der Waals surface area contributed by atoms with E-state index in [0.717, 1.165) is 32.6 Å². The number of piperazine rings is 1. The first kappa shape index (κ1) is 16.3. The number of amides is 1. The molecule has 1 N–H and O–H groups in total. The van der Waals surface area contributed by atoms with Crippen LogP contribution in [0.4, 0.5) is 5.69 Å². The second kappa shape index (κ2) is 7.82. The third kappa shape index (κ3) is 4.47. The van der Waals surface area contributed by atoms with E-state index in [2.05, 4.69) is 52.4 Å². The van der Waals surface area contributed by atoms with Crippen molar-refractivity contribution in [1.82, 2.24) is 10.2 Å². The maximum atomic E-state index is 12.3. The van der Waals surface area contributed by atoms with Crippen LogP contribution in [0.1, 0.15) is 32.6 Å². The standard InChI is InChI=1S/C19H29N3O/c1-16-7-5-6-10-18(16)20-19(23)15-21-11-13-22(14-12-21)17-8-3-2-4-9-17/h2-4,8-9,16,18H,5-7,10-15H2,1H3,(H,20,23)/t16-,18+/m1/s1. The van der Waals surface area contributed by atoms with Gasteiger partial charge in [0.25, 0.3) is 0 Å². The zero-order valence-corrected chi connectivity index (χ0v) is 14.2. The number of nitrogens with one attached hydrogen (secondary N) is 1. The highest BCUT2D eigenvalue weighted by atomic mass is 16.2. The Morgan fingerprint density at radius 3 is 2.48 bits per heavy atom. The third-order valence-corrected chi connectivity index (χ3v) is 5.32. The Morgan fingerprint density at radius 2 is 1.78 bits per heavy atom. The number of hydrogen-bond donors (Lipinski definition) is 1. The van der Waals surface area contributed by atoms with Crippen molar-refractivity contribution >= 4 is 11.6 Å². The molecule has 2 aliphatic rings. The van der Waals surface area contributed by atoms with Crippen molar-refractivity contribution in [2.45, 2.75) is 38.6 Å². The minimum atomic E-state index is 0.205. The summed E-state index contributed by atoms with van der Waals surface area (Å²) < 4.78 is 0. The van der Waals surface area contributed by atoms with E-state index in [1.54, 1.807) is 0 Å². The van der Waals surface area contributed by atoms with Gasteiger partial charge in [-0.3, -0.25) is 9.69 Å². The van der Waals surface area contributed by atoms with Crippen LogP contribution in [0.2, 0.25) is 0 Å². The minimum absolute atomic E-state index is 0.205. The molecule has 1 aliphatic carbocycles. The van der Waals surface area contributed by atoms with E-state index in [4.69, 9.17) is 0 Å². The Morgan fingerprint density at radius 1 is 1.09 bits per heavy atom. The highest BCUT2D eigenvalue weighted by Crippen LogP contribution is 2.23. The largest absolute Gasteiger partial charge is 0.369 e. The zero-order chi connectivity index (χ0) is 16.1. The smallest absolute Gasteiger partial charge is 0.234 e. The van der Waals surface area contributed by atoms with Gasteiger partial charge in [0.2, 0.25) is 5.91 Å². The summed E-state index contributed by atoms with van der Waals surface area (Å²) in [6.07, 6.45) is 4.97. The normalized spacial score (nSPS) is 26.0. The summed E-state index contributed by atoms with van der Waals surface area (Å²) >= 11 is 0. The van der Waals surface area contributed by atoms with E-state index < -0.39 is 0 Å². The lowest BCUT2D eigenvalue weighted by atomic mass is 9.86. The highest BCUT2D eigenvalue weighted by Gasteiger charge is 2.24. The van der Waals surface area contributed by atoms with E-state index in [1.165, 1.54) is 24.9 Å². The second-order valence-corrected chi connectivity index (χ2v) is 7.03. The Hall–Kier alpha value is -1.55. The summed E-state index contributed by atoms with van der Waals surface area (Å²) in [5.74, 6) is 0.833. The second-order valence-electron chi connectivity index (χ2n) is 7.03. The van der Waals surface area contributed by atoms with Crippen LogP contribution in [-0.2, 0) is 4.79 Å². The molecule has 2 atom stereocenters. The Balaban J connectivity index is 1.42. The van der Waals surface area contributed by atoms with E-state index in [-0.39, 0.29) is 5.91 Å². The molecular weight excluding hydrogens is 286 g/mol. The molecule has 0 spiro atoms. The monoisotopic (exact) mass is 315 g/mol. The van der Waals surface area contributed by atoms with Crippen molar-refractivity contribution in [2.75, 3.05) is 37.6 Å². The lowest BCUT2D eigenvalue weighted by Crippen LogP contribution is -2.51. The molecule has 0 bridgehead atoms. The quantitative estimate of drug-likeness (QED) is 0.927. The van der Waals surface area contributed by atoms with Gasteiger partial charge < -0.3 is 10.2 Å². The fourth-order valence-corrected chi connectivity index (χ4v) is 3.79. The molecule has 4 heteroatoms. The highest BCUT2D eigenvalue weighted by molar-refractivity contribution is 5.78. The molecule has 1 saturated carbocycles. The molecular formula is C19H29N3O. The number of para-hydroxylation sites is 1. The molecule has 4 nitrogen and oxygen atoms in total. The Labute approximate surface area is 139 Å². The van der Waals surface area contributed by atoms with E-state index in [0.29, 0.717) is 18.5 Å². The van der Waals surface area contributed by atoms with Gasteiger partial charge >= 0.3 is 0 Å². The first-order valence-corrected chi connectivity index (χ1v) is 9.04. The van der Waals surface area contributed by atoms with E-state index in [1.807, 2.05) is 0 Å². The molecule has 1 amide bonds. The molecule has 1 aliphatic heterocycles. The summed E-state index contributed by atoms with van der Waals surface area (Å²) in [4.78, 5) is 17.0. The van der Waals surface area contributed by atoms with Gasteiger partial charge in [0, 0.05) is 37.9 Å². The van der Waals surface area contributed by atoms with Gasteiger partial charge in [0.05, 0.1) is 6.54 Å². The molecule has 2 fully saturated rings. The van der Waals surface area contributed by atoms with Crippen LogP contribution in [0.5, 0.6) is 0 Å².